The first-order chi connectivity index (χ1) is 16.8. The van der Waals surface area contributed by atoms with Crippen molar-refractivity contribution in [2.45, 2.75) is 19.0 Å². The summed E-state index contributed by atoms with van der Waals surface area (Å²) in [6, 6.07) is 29.2. The summed E-state index contributed by atoms with van der Waals surface area (Å²) >= 11 is 0. The van der Waals surface area contributed by atoms with Crippen molar-refractivity contribution in [1.82, 2.24) is 25.1 Å². The highest BCUT2D eigenvalue weighted by Crippen LogP contribution is 2.34. The van der Waals surface area contributed by atoms with Crippen molar-refractivity contribution in [2.75, 3.05) is 38.2 Å². The van der Waals surface area contributed by atoms with Crippen LogP contribution in [0.15, 0.2) is 84.9 Å². The molecule has 0 amide bonds. The molecule has 3 aromatic carbocycles. The quantitative estimate of drug-likeness (QED) is 0.403. The average molecular weight is 455 g/mol. The number of anilines is 1. The fourth-order valence-corrected chi connectivity index (χ4v) is 4.71. The molecule has 1 fully saturated rings. The van der Waals surface area contributed by atoms with Crippen LogP contribution in [0.3, 0.4) is 0 Å². The van der Waals surface area contributed by atoms with E-state index in [1.54, 1.807) is 7.11 Å². The number of hydrogen-bond acceptors (Lipinski definition) is 6. The van der Waals surface area contributed by atoms with Crippen molar-refractivity contribution in [3.63, 3.8) is 0 Å². The van der Waals surface area contributed by atoms with Gasteiger partial charge in [-0.25, -0.2) is 4.68 Å². The molecular formula is C27H30N6O. The van der Waals surface area contributed by atoms with Gasteiger partial charge in [-0.05, 0) is 40.6 Å². The molecule has 1 aliphatic rings. The van der Waals surface area contributed by atoms with Crippen LogP contribution in [0.4, 0.5) is 5.69 Å². The molecular weight excluding hydrogens is 424 g/mol. The van der Waals surface area contributed by atoms with E-state index in [-0.39, 0.29) is 6.04 Å². The monoisotopic (exact) mass is 454 g/mol. The zero-order valence-corrected chi connectivity index (χ0v) is 19.5. The second kappa shape index (κ2) is 10.5. The second-order valence-electron chi connectivity index (χ2n) is 8.50. The van der Waals surface area contributed by atoms with Gasteiger partial charge in [-0.2, -0.15) is 0 Å². The van der Waals surface area contributed by atoms with Crippen LogP contribution in [-0.4, -0.2) is 58.4 Å². The Balaban J connectivity index is 1.42. The van der Waals surface area contributed by atoms with E-state index in [0.717, 1.165) is 56.3 Å². The standard InChI is InChI=1S/C27H30N6O/c1-34-25-15-9-8-14-24(25)26(32-20-18-31(19-21-32)23-12-6-3-7-13-23)27-28-29-30-33(27)17-16-22-10-4-2-5-11-22/h2-15,26H,16-21H2,1H3/t26-/m0/s1. The molecule has 1 saturated heterocycles. The molecule has 4 aromatic rings. The normalized spacial score (nSPS) is 15.3. The van der Waals surface area contributed by atoms with Gasteiger partial charge in [0.2, 0.25) is 0 Å². The van der Waals surface area contributed by atoms with Crippen LogP contribution in [0.25, 0.3) is 0 Å². The van der Waals surface area contributed by atoms with Gasteiger partial charge in [0.1, 0.15) is 11.8 Å². The molecule has 0 saturated carbocycles. The van der Waals surface area contributed by atoms with Crippen LogP contribution in [-0.2, 0) is 13.0 Å². The van der Waals surface area contributed by atoms with E-state index in [1.807, 2.05) is 22.9 Å². The highest BCUT2D eigenvalue weighted by atomic mass is 16.5. The number of aromatic nitrogens is 4. The zero-order chi connectivity index (χ0) is 23.2. The van der Waals surface area contributed by atoms with Crippen LogP contribution >= 0.6 is 0 Å². The van der Waals surface area contributed by atoms with Gasteiger partial charge < -0.3 is 9.64 Å². The van der Waals surface area contributed by atoms with Gasteiger partial charge >= 0.3 is 0 Å². The van der Waals surface area contributed by atoms with E-state index in [4.69, 9.17) is 4.74 Å². The maximum Gasteiger partial charge on any atom is 0.173 e. The highest BCUT2D eigenvalue weighted by molar-refractivity contribution is 5.46. The Bertz CT molecular complexity index is 1170. The maximum absolute atomic E-state index is 5.76. The summed E-state index contributed by atoms with van der Waals surface area (Å²) in [6.07, 6.45) is 0.874. The third-order valence-corrected chi connectivity index (χ3v) is 6.49. The number of hydrogen-bond donors (Lipinski definition) is 0. The number of aryl methyl sites for hydroxylation is 2. The molecule has 1 aliphatic heterocycles. The summed E-state index contributed by atoms with van der Waals surface area (Å²) in [5, 5.41) is 13.0. The smallest absolute Gasteiger partial charge is 0.173 e. The van der Waals surface area contributed by atoms with Gasteiger partial charge in [0, 0.05) is 44.0 Å². The lowest BCUT2D eigenvalue weighted by atomic mass is 10.0. The van der Waals surface area contributed by atoms with Crippen LogP contribution in [0.2, 0.25) is 0 Å². The summed E-state index contributed by atoms with van der Waals surface area (Å²) in [5.74, 6) is 1.71. The highest BCUT2D eigenvalue weighted by Gasteiger charge is 2.32. The van der Waals surface area contributed by atoms with Crippen molar-refractivity contribution in [3.8, 4) is 5.75 Å². The minimum Gasteiger partial charge on any atom is -0.496 e. The number of nitrogens with zero attached hydrogens (tertiary/aromatic N) is 6. The van der Waals surface area contributed by atoms with Gasteiger partial charge in [0.25, 0.3) is 0 Å². The summed E-state index contributed by atoms with van der Waals surface area (Å²) in [4.78, 5) is 4.91. The SMILES string of the molecule is COc1ccccc1[C@@H](c1nnnn1CCc1ccccc1)N1CCN(c2ccccc2)CC1. The molecule has 1 atom stereocenters. The molecule has 0 aliphatic carbocycles. The van der Waals surface area contributed by atoms with Gasteiger partial charge in [0.15, 0.2) is 5.82 Å². The lowest BCUT2D eigenvalue weighted by Gasteiger charge is -2.40. The fraction of sp³-hybridized carbons (Fsp3) is 0.296. The topological polar surface area (TPSA) is 59.3 Å². The largest absolute Gasteiger partial charge is 0.496 e. The Kier molecular flexibility index (Phi) is 6.81. The Morgan fingerprint density at radius 2 is 1.50 bits per heavy atom. The molecule has 0 bridgehead atoms. The van der Waals surface area contributed by atoms with Crippen molar-refractivity contribution < 1.29 is 4.74 Å². The van der Waals surface area contributed by atoms with Crippen molar-refractivity contribution in [1.29, 1.82) is 0 Å². The molecule has 0 unspecified atom stereocenters. The number of para-hydroxylation sites is 2. The molecule has 0 N–H and O–H groups in total. The van der Waals surface area contributed by atoms with Gasteiger partial charge in [-0.3, -0.25) is 4.90 Å². The lowest BCUT2D eigenvalue weighted by Crippen LogP contribution is -2.48. The minimum atomic E-state index is -0.0835. The van der Waals surface area contributed by atoms with E-state index in [9.17, 15) is 0 Å². The summed E-state index contributed by atoms with van der Waals surface area (Å²) in [6.45, 7) is 4.43. The number of ether oxygens (including phenoxy) is 1. The molecule has 34 heavy (non-hydrogen) atoms. The van der Waals surface area contributed by atoms with Crippen LogP contribution in [0, 0.1) is 0 Å². The van der Waals surface area contributed by atoms with E-state index in [0.29, 0.717) is 0 Å². The molecule has 7 nitrogen and oxygen atoms in total. The second-order valence-corrected chi connectivity index (χ2v) is 8.50. The Labute approximate surface area is 200 Å². The van der Waals surface area contributed by atoms with E-state index in [2.05, 4.69) is 92.1 Å². The summed E-state index contributed by atoms with van der Waals surface area (Å²) < 4.78 is 7.71. The third kappa shape index (κ3) is 4.79. The average Bonchev–Trinajstić information content (AvgIpc) is 3.37. The molecule has 7 heteroatoms. The maximum atomic E-state index is 5.76. The number of benzene rings is 3. The van der Waals surface area contributed by atoms with Crippen LogP contribution < -0.4 is 9.64 Å². The summed E-state index contributed by atoms with van der Waals surface area (Å²) in [7, 11) is 1.72. The van der Waals surface area contributed by atoms with E-state index >= 15 is 0 Å². The Hall–Kier alpha value is -3.71. The van der Waals surface area contributed by atoms with Gasteiger partial charge in [0.05, 0.1) is 7.11 Å². The molecule has 0 radical (unpaired) electrons. The van der Waals surface area contributed by atoms with Crippen molar-refractivity contribution >= 4 is 5.69 Å². The van der Waals surface area contributed by atoms with Crippen molar-refractivity contribution in [2.24, 2.45) is 0 Å². The molecule has 174 valence electrons. The zero-order valence-electron chi connectivity index (χ0n) is 19.5. The molecule has 5 rings (SSSR count). The Morgan fingerprint density at radius 3 is 2.24 bits per heavy atom. The first kappa shape index (κ1) is 22.1. The fourth-order valence-electron chi connectivity index (χ4n) is 4.71. The first-order valence-corrected chi connectivity index (χ1v) is 11.8. The van der Waals surface area contributed by atoms with Crippen LogP contribution in [0.5, 0.6) is 5.75 Å². The predicted octanol–water partition coefficient (Wildman–Crippen LogP) is 3.84. The third-order valence-electron chi connectivity index (χ3n) is 6.49. The Morgan fingerprint density at radius 1 is 0.824 bits per heavy atom. The van der Waals surface area contributed by atoms with Gasteiger partial charge in [-0.15, -0.1) is 5.10 Å². The number of methoxy groups -OCH3 is 1. The molecule has 0 spiro atoms. The van der Waals surface area contributed by atoms with Gasteiger partial charge in [-0.1, -0.05) is 66.7 Å². The van der Waals surface area contributed by atoms with Crippen LogP contribution in [0.1, 0.15) is 23.0 Å². The molecule has 2 heterocycles. The lowest BCUT2D eigenvalue weighted by molar-refractivity contribution is 0.197. The van der Waals surface area contributed by atoms with Crippen molar-refractivity contribution in [3.05, 3.63) is 102 Å². The number of tetrazole rings is 1. The summed E-state index contributed by atoms with van der Waals surface area (Å²) in [5.41, 5.74) is 3.63. The first-order valence-electron chi connectivity index (χ1n) is 11.8. The number of rotatable bonds is 8. The minimum absolute atomic E-state index is 0.0835. The van der Waals surface area contributed by atoms with E-state index < -0.39 is 0 Å². The number of piperazine rings is 1. The molecule has 1 aromatic heterocycles. The predicted molar refractivity (Wildman–Crippen MR) is 133 cm³/mol. The van der Waals surface area contributed by atoms with E-state index in [1.165, 1.54) is 11.3 Å².